The van der Waals surface area contributed by atoms with Gasteiger partial charge in [0.2, 0.25) is 17.4 Å². The fourth-order valence-electron chi connectivity index (χ4n) is 4.25. The van der Waals surface area contributed by atoms with Gasteiger partial charge in [0.15, 0.2) is 9.84 Å². The van der Waals surface area contributed by atoms with Gasteiger partial charge in [0.25, 0.3) is 0 Å². The Bertz CT molecular complexity index is 1070. The summed E-state index contributed by atoms with van der Waals surface area (Å²) in [6.07, 6.45) is 2.46. The molecule has 1 saturated heterocycles. The van der Waals surface area contributed by atoms with Gasteiger partial charge in [0, 0.05) is 6.26 Å². The molecular formula is C18H18N2O5S. The molecule has 0 radical (unpaired) electrons. The largest absolute Gasteiger partial charge is 0.494 e. The Morgan fingerprint density at radius 1 is 1.15 bits per heavy atom. The minimum Gasteiger partial charge on any atom is -0.494 e. The number of sulfone groups is 1. The van der Waals surface area contributed by atoms with E-state index in [1.165, 1.54) is 22.8 Å². The molecule has 2 aromatic rings. The third-order valence-electron chi connectivity index (χ3n) is 5.43. The molecule has 136 valence electrons. The van der Waals surface area contributed by atoms with Gasteiger partial charge >= 0.3 is 0 Å². The van der Waals surface area contributed by atoms with Gasteiger partial charge < -0.3 is 14.9 Å². The average molecular weight is 374 g/mol. The highest BCUT2D eigenvalue weighted by Gasteiger charge is 2.59. The summed E-state index contributed by atoms with van der Waals surface area (Å²) in [5, 5.41) is 21.6. The Balaban J connectivity index is 2.00. The molecule has 2 atom stereocenters. The number of nitrogens with zero attached hydrogens (tertiary/aromatic N) is 2. The van der Waals surface area contributed by atoms with Crippen molar-refractivity contribution in [3.8, 4) is 17.4 Å². The lowest BCUT2D eigenvalue weighted by atomic mass is 9.80. The summed E-state index contributed by atoms with van der Waals surface area (Å²) < 4.78 is 31.3. The van der Waals surface area contributed by atoms with E-state index in [0.717, 1.165) is 19.1 Å². The second-order valence-corrected chi connectivity index (χ2v) is 9.32. The Labute approximate surface area is 151 Å². The molecule has 0 saturated carbocycles. The highest BCUT2D eigenvalue weighted by Crippen LogP contribution is 2.64. The summed E-state index contributed by atoms with van der Waals surface area (Å²) in [7, 11) is -3.65. The summed E-state index contributed by atoms with van der Waals surface area (Å²) in [5.41, 5.74) is -0.0241. The van der Waals surface area contributed by atoms with Gasteiger partial charge in [-0.3, -0.25) is 4.57 Å². The van der Waals surface area contributed by atoms with Crippen LogP contribution in [0.4, 0.5) is 5.69 Å². The lowest BCUT2D eigenvalue weighted by Crippen LogP contribution is -2.17. The number of hydrogen-bond acceptors (Lipinski definition) is 5. The van der Waals surface area contributed by atoms with Crippen molar-refractivity contribution in [1.29, 1.82) is 0 Å². The first-order chi connectivity index (χ1) is 12.0. The van der Waals surface area contributed by atoms with Crippen molar-refractivity contribution >= 4 is 15.5 Å². The standard InChI is InChI=1S/C18H18N2O5S/c1-17-7-8-18(2,25-17)14-13(17)15(21)20(16(14)22)10-5-6-11(19-3)12(9-10)26(4,23)24/h5-6,9,21-22H,7-8H2,1-2,4H3. The number of ether oxygens (including phenoxy) is 1. The zero-order chi connectivity index (χ0) is 19.1. The first-order valence-electron chi connectivity index (χ1n) is 8.11. The van der Waals surface area contributed by atoms with Crippen LogP contribution in [0.1, 0.15) is 37.8 Å². The number of benzene rings is 1. The van der Waals surface area contributed by atoms with Gasteiger partial charge in [-0.05, 0) is 38.8 Å². The Kier molecular flexibility index (Phi) is 3.13. The van der Waals surface area contributed by atoms with E-state index in [-0.39, 0.29) is 28.0 Å². The van der Waals surface area contributed by atoms with E-state index in [9.17, 15) is 18.6 Å². The van der Waals surface area contributed by atoms with Gasteiger partial charge in [-0.15, -0.1) is 0 Å². The zero-order valence-corrected chi connectivity index (χ0v) is 15.4. The second kappa shape index (κ2) is 4.81. The molecule has 7 nitrogen and oxygen atoms in total. The van der Waals surface area contributed by atoms with E-state index in [1.807, 2.05) is 13.8 Å². The van der Waals surface area contributed by atoms with Gasteiger partial charge in [-0.1, -0.05) is 6.07 Å². The average Bonchev–Trinajstić information content (AvgIpc) is 3.10. The van der Waals surface area contributed by atoms with Gasteiger partial charge in [-0.25, -0.2) is 13.3 Å². The van der Waals surface area contributed by atoms with Crippen LogP contribution >= 0.6 is 0 Å². The number of aromatic nitrogens is 1. The van der Waals surface area contributed by atoms with Crippen molar-refractivity contribution in [2.75, 3.05) is 6.26 Å². The van der Waals surface area contributed by atoms with Crippen LogP contribution in [0.3, 0.4) is 0 Å². The molecular weight excluding hydrogens is 356 g/mol. The highest BCUT2D eigenvalue weighted by atomic mass is 32.2. The topological polar surface area (TPSA) is 93.1 Å². The van der Waals surface area contributed by atoms with Crippen molar-refractivity contribution in [1.82, 2.24) is 4.57 Å². The Morgan fingerprint density at radius 3 is 2.15 bits per heavy atom. The van der Waals surface area contributed by atoms with Crippen LogP contribution in [0, 0.1) is 6.57 Å². The van der Waals surface area contributed by atoms with Crippen LogP contribution in [0.5, 0.6) is 11.8 Å². The molecule has 0 spiro atoms. The number of aromatic hydroxyl groups is 2. The van der Waals surface area contributed by atoms with Crippen molar-refractivity contribution in [2.45, 2.75) is 42.8 Å². The first-order valence-corrected chi connectivity index (χ1v) is 10.0. The van der Waals surface area contributed by atoms with Crippen molar-refractivity contribution < 1.29 is 23.4 Å². The SMILES string of the molecule is [C-]#[N+]c1ccc(-n2c(O)c3c(c2O)C2(C)CCC3(C)O2)cc1S(C)(=O)=O. The van der Waals surface area contributed by atoms with Gasteiger partial charge in [0.05, 0.1) is 39.5 Å². The maximum Gasteiger partial charge on any atom is 0.205 e. The molecule has 0 aliphatic carbocycles. The van der Waals surface area contributed by atoms with Gasteiger partial charge in [0.1, 0.15) is 0 Å². The summed E-state index contributed by atoms with van der Waals surface area (Å²) in [6.45, 7) is 10.9. The molecule has 26 heavy (non-hydrogen) atoms. The van der Waals surface area contributed by atoms with Crippen LogP contribution in [0.25, 0.3) is 10.5 Å². The first kappa shape index (κ1) is 16.9. The molecule has 3 heterocycles. The quantitative estimate of drug-likeness (QED) is 0.788. The van der Waals surface area contributed by atoms with Crippen LogP contribution in [-0.2, 0) is 25.8 Å². The van der Waals surface area contributed by atoms with E-state index in [4.69, 9.17) is 11.3 Å². The van der Waals surface area contributed by atoms with Crippen molar-refractivity contribution in [3.05, 3.63) is 40.7 Å². The number of fused-ring (bicyclic) bond motifs is 5. The predicted molar refractivity (Wildman–Crippen MR) is 93.5 cm³/mol. The van der Waals surface area contributed by atoms with Crippen LogP contribution in [-0.4, -0.2) is 29.5 Å². The maximum atomic E-state index is 12.0. The van der Waals surface area contributed by atoms with Crippen molar-refractivity contribution in [3.63, 3.8) is 0 Å². The molecule has 2 unspecified atom stereocenters. The fourth-order valence-corrected chi connectivity index (χ4v) is 5.08. The molecule has 1 aromatic carbocycles. The summed E-state index contributed by atoms with van der Waals surface area (Å²) >= 11 is 0. The monoisotopic (exact) mass is 374 g/mol. The minimum atomic E-state index is -3.65. The number of hydrogen-bond donors (Lipinski definition) is 2. The molecule has 2 bridgehead atoms. The van der Waals surface area contributed by atoms with E-state index >= 15 is 0 Å². The summed E-state index contributed by atoms with van der Waals surface area (Å²) in [5.74, 6) is -0.336. The van der Waals surface area contributed by atoms with Gasteiger partial charge in [-0.2, -0.15) is 0 Å². The van der Waals surface area contributed by atoms with E-state index in [0.29, 0.717) is 11.1 Å². The smallest absolute Gasteiger partial charge is 0.205 e. The Morgan fingerprint density at radius 2 is 1.69 bits per heavy atom. The summed E-state index contributed by atoms with van der Waals surface area (Å²) in [6, 6.07) is 4.17. The van der Waals surface area contributed by atoms with Crippen LogP contribution in [0.2, 0.25) is 0 Å². The molecule has 1 fully saturated rings. The highest BCUT2D eigenvalue weighted by molar-refractivity contribution is 7.90. The molecule has 2 aliphatic rings. The normalized spacial score (nSPS) is 26.7. The van der Waals surface area contributed by atoms with E-state index < -0.39 is 21.0 Å². The zero-order valence-electron chi connectivity index (χ0n) is 14.6. The third-order valence-corrected chi connectivity index (χ3v) is 6.56. The summed E-state index contributed by atoms with van der Waals surface area (Å²) in [4.78, 5) is 3.10. The Hall–Kier alpha value is -2.50. The van der Waals surface area contributed by atoms with Crippen LogP contribution < -0.4 is 0 Å². The number of rotatable bonds is 2. The fraction of sp³-hybridized carbons (Fsp3) is 0.389. The third kappa shape index (κ3) is 1.98. The van der Waals surface area contributed by atoms with Crippen molar-refractivity contribution in [2.24, 2.45) is 0 Å². The molecule has 4 rings (SSSR count). The molecule has 1 aromatic heterocycles. The minimum absolute atomic E-state index is 0.00254. The second-order valence-electron chi connectivity index (χ2n) is 7.33. The molecule has 8 heteroatoms. The van der Waals surface area contributed by atoms with E-state index in [1.54, 1.807) is 0 Å². The molecule has 2 N–H and O–H groups in total. The predicted octanol–water partition coefficient (Wildman–Crippen LogP) is 3.10. The molecule has 0 amide bonds. The molecule has 2 aliphatic heterocycles. The lowest BCUT2D eigenvalue weighted by Gasteiger charge is -2.21. The maximum absolute atomic E-state index is 12.0. The lowest BCUT2D eigenvalue weighted by molar-refractivity contribution is -0.0683. The van der Waals surface area contributed by atoms with E-state index in [2.05, 4.69) is 4.85 Å². The van der Waals surface area contributed by atoms with Crippen LogP contribution in [0.15, 0.2) is 23.1 Å².